The van der Waals surface area contributed by atoms with Gasteiger partial charge in [0.25, 0.3) is 5.91 Å². The zero-order chi connectivity index (χ0) is 24.1. The number of amides is 1. The Morgan fingerprint density at radius 1 is 1.03 bits per heavy atom. The number of anilines is 1. The molecule has 1 amide bonds. The van der Waals surface area contributed by atoms with E-state index in [-0.39, 0.29) is 36.7 Å². The van der Waals surface area contributed by atoms with E-state index in [1.807, 2.05) is 13.8 Å². The van der Waals surface area contributed by atoms with Gasteiger partial charge in [-0.1, -0.05) is 32.0 Å². The first-order valence-electron chi connectivity index (χ1n) is 11.5. The Morgan fingerprint density at radius 2 is 1.76 bits per heavy atom. The van der Waals surface area contributed by atoms with Crippen molar-refractivity contribution in [2.75, 3.05) is 5.32 Å². The molecule has 2 saturated carbocycles. The van der Waals surface area contributed by atoms with Crippen molar-refractivity contribution in [1.29, 1.82) is 0 Å². The number of halogens is 3. The van der Waals surface area contributed by atoms with Crippen LogP contribution in [0.25, 0.3) is 11.1 Å². The van der Waals surface area contributed by atoms with Gasteiger partial charge in [0.1, 0.15) is 11.6 Å². The summed E-state index contributed by atoms with van der Waals surface area (Å²) in [6.45, 7) is 3.91. The maximum atomic E-state index is 14.8. The quantitative estimate of drug-likeness (QED) is 0.491. The highest BCUT2D eigenvalue weighted by Gasteiger charge is 2.63. The van der Waals surface area contributed by atoms with Crippen LogP contribution in [0.1, 0.15) is 67.3 Å². The van der Waals surface area contributed by atoms with Gasteiger partial charge in [0.15, 0.2) is 0 Å². The molecule has 2 heterocycles. The summed E-state index contributed by atoms with van der Waals surface area (Å²) >= 11 is 0. The van der Waals surface area contributed by atoms with Crippen LogP contribution in [0.2, 0.25) is 0 Å². The van der Waals surface area contributed by atoms with Crippen LogP contribution in [0.3, 0.4) is 0 Å². The third kappa shape index (κ3) is 3.95. The van der Waals surface area contributed by atoms with Crippen molar-refractivity contribution >= 4 is 11.6 Å². The smallest absolute Gasteiger partial charge is 0.258 e. The van der Waals surface area contributed by atoms with Gasteiger partial charge < -0.3 is 5.32 Å². The number of fused-ring (bicyclic) bond motifs is 1. The number of benzene rings is 1. The van der Waals surface area contributed by atoms with Gasteiger partial charge in [-0.15, -0.1) is 0 Å². The molecule has 8 heteroatoms. The Kier molecular flexibility index (Phi) is 5.41. The minimum absolute atomic E-state index is 0.116. The largest absolute Gasteiger partial charge is 0.320 e. The summed E-state index contributed by atoms with van der Waals surface area (Å²) in [7, 11) is 0. The topological polar surface area (TPSA) is 67.8 Å². The number of hydrogen-bond donors (Lipinski definition) is 1. The zero-order valence-electron chi connectivity index (χ0n) is 19.0. The third-order valence-electron chi connectivity index (χ3n) is 6.99. The van der Waals surface area contributed by atoms with Gasteiger partial charge in [-0.25, -0.2) is 23.1 Å². The number of alkyl halides is 2. The molecule has 0 bridgehead atoms. The molecular weight excluding hydrogens is 441 g/mol. The maximum Gasteiger partial charge on any atom is 0.258 e. The van der Waals surface area contributed by atoms with Gasteiger partial charge in [0.05, 0.1) is 16.9 Å². The van der Waals surface area contributed by atoms with E-state index in [1.54, 1.807) is 30.5 Å². The highest BCUT2D eigenvalue weighted by molar-refractivity contribution is 6.06. The summed E-state index contributed by atoms with van der Waals surface area (Å²) in [5.74, 6) is -3.08. The Bertz CT molecular complexity index is 1250. The first-order chi connectivity index (χ1) is 16.2. The normalized spacial score (nSPS) is 22.8. The molecule has 0 radical (unpaired) electrons. The first-order valence-corrected chi connectivity index (χ1v) is 11.5. The van der Waals surface area contributed by atoms with Gasteiger partial charge in [-0.3, -0.25) is 9.78 Å². The fourth-order valence-electron chi connectivity index (χ4n) is 5.04. The Hall–Kier alpha value is -3.29. The summed E-state index contributed by atoms with van der Waals surface area (Å²) in [5.41, 5.74) is 1.39. The molecule has 0 saturated heterocycles. The highest BCUT2D eigenvalue weighted by Crippen LogP contribution is 2.66. The van der Waals surface area contributed by atoms with Crippen molar-refractivity contribution in [3.8, 4) is 11.1 Å². The van der Waals surface area contributed by atoms with Crippen molar-refractivity contribution in [3.05, 3.63) is 71.8 Å². The number of nitrogens with zero attached hydrogens (tertiary/aromatic N) is 3. The fraction of sp³-hybridized carbons (Fsp3) is 0.385. The first kappa shape index (κ1) is 22.5. The van der Waals surface area contributed by atoms with Gasteiger partial charge in [0, 0.05) is 53.9 Å². The van der Waals surface area contributed by atoms with E-state index in [9.17, 15) is 18.0 Å². The summed E-state index contributed by atoms with van der Waals surface area (Å²) in [5, 5.41) is 2.90. The van der Waals surface area contributed by atoms with E-state index in [1.165, 1.54) is 18.5 Å². The van der Waals surface area contributed by atoms with Crippen molar-refractivity contribution in [3.63, 3.8) is 0 Å². The number of pyridine rings is 1. The Morgan fingerprint density at radius 3 is 2.44 bits per heavy atom. The van der Waals surface area contributed by atoms with E-state index in [0.29, 0.717) is 34.8 Å². The molecule has 2 atom stereocenters. The maximum absolute atomic E-state index is 14.8. The highest BCUT2D eigenvalue weighted by atomic mass is 19.3. The Labute approximate surface area is 195 Å². The summed E-state index contributed by atoms with van der Waals surface area (Å²) in [6.07, 6.45) is 4.89. The van der Waals surface area contributed by atoms with Crippen molar-refractivity contribution in [1.82, 2.24) is 15.0 Å². The third-order valence-corrected chi connectivity index (χ3v) is 6.99. The van der Waals surface area contributed by atoms with Crippen LogP contribution >= 0.6 is 0 Å². The second-order valence-corrected chi connectivity index (χ2v) is 9.62. The fourth-order valence-corrected chi connectivity index (χ4v) is 5.04. The average Bonchev–Trinajstić information content (AvgIpc) is 3.53. The predicted molar refractivity (Wildman–Crippen MR) is 122 cm³/mol. The molecule has 0 aliphatic heterocycles. The molecule has 2 aliphatic carbocycles. The number of aromatic nitrogens is 3. The number of carbonyl (C=O) groups excluding carboxylic acids is 1. The van der Waals surface area contributed by atoms with Gasteiger partial charge in [-0.2, -0.15) is 0 Å². The van der Waals surface area contributed by atoms with Gasteiger partial charge >= 0.3 is 0 Å². The molecule has 5 nitrogen and oxygen atoms in total. The van der Waals surface area contributed by atoms with Crippen LogP contribution in [0, 0.1) is 11.7 Å². The van der Waals surface area contributed by atoms with Crippen molar-refractivity contribution < 1.29 is 18.0 Å². The molecule has 1 N–H and O–H groups in total. The van der Waals surface area contributed by atoms with Crippen molar-refractivity contribution in [2.24, 2.45) is 5.92 Å². The van der Waals surface area contributed by atoms with Crippen LogP contribution in [0.15, 0.2) is 48.9 Å². The molecule has 34 heavy (non-hydrogen) atoms. The summed E-state index contributed by atoms with van der Waals surface area (Å²) in [6, 6.07) is 7.91. The number of hydrogen-bond acceptors (Lipinski definition) is 4. The van der Waals surface area contributed by atoms with Crippen LogP contribution in [0.5, 0.6) is 0 Å². The number of nitrogens with one attached hydrogen (secondary N) is 1. The molecule has 176 valence electrons. The molecule has 3 aromatic rings. The SMILES string of the molecule is CC(C)c1ncc(C(=O)Nc2c(-c3ccccc3F)ccnc2C23CCC(F)(F)CC2C3)cn1. The average molecular weight is 467 g/mol. The molecule has 2 fully saturated rings. The predicted octanol–water partition coefficient (Wildman–Crippen LogP) is 6.13. The number of carbonyl (C=O) groups is 1. The van der Waals surface area contributed by atoms with E-state index < -0.39 is 23.1 Å². The minimum atomic E-state index is -2.69. The van der Waals surface area contributed by atoms with Gasteiger partial charge in [0.2, 0.25) is 5.92 Å². The molecule has 0 spiro atoms. The molecule has 5 rings (SSSR count). The van der Waals surface area contributed by atoms with Crippen LogP contribution < -0.4 is 5.32 Å². The second-order valence-electron chi connectivity index (χ2n) is 9.62. The van der Waals surface area contributed by atoms with Crippen molar-refractivity contribution in [2.45, 2.75) is 56.8 Å². The lowest BCUT2D eigenvalue weighted by atomic mass is 9.82. The Balaban J connectivity index is 1.57. The van der Waals surface area contributed by atoms with Crippen LogP contribution in [-0.2, 0) is 5.41 Å². The lowest BCUT2D eigenvalue weighted by Crippen LogP contribution is -2.29. The van der Waals surface area contributed by atoms with E-state index in [0.717, 1.165) is 0 Å². The molecular formula is C26H25F3N4O. The molecule has 2 aliphatic rings. The van der Waals surface area contributed by atoms with E-state index in [4.69, 9.17) is 0 Å². The van der Waals surface area contributed by atoms with E-state index in [2.05, 4.69) is 20.3 Å². The van der Waals surface area contributed by atoms with Crippen LogP contribution in [0.4, 0.5) is 18.9 Å². The summed E-state index contributed by atoms with van der Waals surface area (Å²) < 4.78 is 42.8. The van der Waals surface area contributed by atoms with E-state index >= 15 is 0 Å². The lowest BCUT2D eigenvalue weighted by Gasteiger charge is -2.29. The standard InChI is InChI=1S/C26H25F3N4O/c1-15(2)23-31-13-16(14-32-23)24(34)33-21-19(18-5-3-4-6-20(18)27)7-10-30-22(21)25-8-9-26(28,29)12-17(25)11-25/h3-7,10,13-15,17H,8-9,11-12H2,1-2H3,(H,33,34). The molecule has 2 aromatic heterocycles. The second kappa shape index (κ2) is 8.18. The molecule has 2 unspecified atom stereocenters. The zero-order valence-corrected chi connectivity index (χ0v) is 19.0. The minimum Gasteiger partial charge on any atom is -0.320 e. The van der Waals surface area contributed by atoms with Gasteiger partial charge in [-0.05, 0) is 30.9 Å². The van der Waals surface area contributed by atoms with Crippen LogP contribution in [-0.4, -0.2) is 26.8 Å². The monoisotopic (exact) mass is 466 g/mol. The lowest BCUT2D eigenvalue weighted by molar-refractivity contribution is -0.0409. The summed E-state index contributed by atoms with van der Waals surface area (Å²) in [4.78, 5) is 26.2. The molecule has 1 aromatic carbocycles. The number of rotatable bonds is 5.